The zero-order valence-corrected chi connectivity index (χ0v) is 12.7. The largest absolute Gasteiger partial charge is 0.490 e. The summed E-state index contributed by atoms with van der Waals surface area (Å²) in [5, 5.41) is 2.87. The number of benzene rings is 1. The van der Waals surface area contributed by atoms with Crippen molar-refractivity contribution in [3.05, 3.63) is 53.9 Å². The fourth-order valence-electron chi connectivity index (χ4n) is 2.71. The number of aromatic nitrogens is 1. The Bertz CT molecular complexity index is 646. The van der Waals surface area contributed by atoms with Crippen LogP contribution in [-0.2, 0) is 0 Å². The summed E-state index contributed by atoms with van der Waals surface area (Å²) in [5.41, 5.74) is 2.25. The molecule has 0 radical (unpaired) electrons. The van der Waals surface area contributed by atoms with Gasteiger partial charge >= 0.3 is 0 Å². The predicted octanol–water partition coefficient (Wildman–Crippen LogP) is 3.96. The van der Waals surface area contributed by atoms with Crippen LogP contribution < -0.4 is 10.1 Å². The first kappa shape index (κ1) is 14.6. The summed E-state index contributed by atoms with van der Waals surface area (Å²) in [6, 6.07) is 11.0. The molecule has 0 saturated heterocycles. The van der Waals surface area contributed by atoms with Crippen LogP contribution in [0.25, 0.3) is 0 Å². The highest BCUT2D eigenvalue weighted by Crippen LogP contribution is 2.24. The van der Waals surface area contributed by atoms with E-state index in [9.17, 15) is 4.79 Å². The Morgan fingerprint density at radius 1 is 1.18 bits per heavy atom. The summed E-state index contributed by atoms with van der Waals surface area (Å²) < 4.78 is 5.90. The third-order valence-electron chi connectivity index (χ3n) is 3.88. The lowest BCUT2D eigenvalue weighted by Crippen LogP contribution is -2.13. The molecule has 114 valence electrons. The normalized spacial score (nSPS) is 14.8. The Morgan fingerprint density at radius 3 is 2.59 bits per heavy atom. The molecule has 2 aromatic rings. The lowest BCUT2D eigenvalue weighted by molar-refractivity contribution is 0.102. The standard InChI is InChI=1S/C18H20N2O2/c1-13-12-15(10-11-19-13)20-18(21)14-6-8-17(9-7-14)22-16-4-2-3-5-16/h6-12,16H,2-5H2,1H3,(H,19,20,21). The fraction of sp³-hybridized carbons (Fsp3) is 0.333. The molecule has 22 heavy (non-hydrogen) atoms. The minimum Gasteiger partial charge on any atom is -0.490 e. The van der Waals surface area contributed by atoms with Crippen molar-refractivity contribution < 1.29 is 9.53 Å². The molecule has 1 aromatic carbocycles. The molecule has 4 heteroatoms. The van der Waals surface area contributed by atoms with Gasteiger partial charge in [0.15, 0.2) is 0 Å². The van der Waals surface area contributed by atoms with E-state index in [1.165, 1.54) is 12.8 Å². The second kappa shape index (κ2) is 6.60. The second-order valence-corrected chi connectivity index (χ2v) is 5.69. The third-order valence-corrected chi connectivity index (χ3v) is 3.88. The van der Waals surface area contributed by atoms with Gasteiger partial charge in [-0.05, 0) is 69.0 Å². The minimum atomic E-state index is -0.127. The zero-order chi connectivity index (χ0) is 15.4. The van der Waals surface area contributed by atoms with Crippen molar-refractivity contribution in [1.29, 1.82) is 0 Å². The molecule has 0 spiro atoms. The van der Waals surface area contributed by atoms with Gasteiger partial charge in [-0.2, -0.15) is 0 Å². The highest BCUT2D eigenvalue weighted by Gasteiger charge is 2.16. The van der Waals surface area contributed by atoms with Gasteiger partial charge in [0.2, 0.25) is 0 Å². The summed E-state index contributed by atoms with van der Waals surface area (Å²) in [6.45, 7) is 1.89. The van der Waals surface area contributed by atoms with Gasteiger partial charge in [0.25, 0.3) is 5.91 Å². The van der Waals surface area contributed by atoms with Crippen molar-refractivity contribution in [1.82, 2.24) is 4.98 Å². The lowest BCUT2D eigenvalue weighted by atomic mass is 10.2. The monoisotopic (exact) mass is 296 g/mol. The quantitative estimate of drug-likeness (QED) is 0.929. The molecular weight excluding hydrogens is 276 g/mol. The predicted molar refractivity (Wildman–Crippen MR) is 86.3 cm³/mol. The van der Waals surface area contributed by atoms with Crippen molar-refractivity contribution in [2.45, 2.75) is 38.7 Å². The SMILES string of the molecule is Cc1cc(NC(=O)c2ccc(OC3CCCC3)cc2)ccn1. The molecule has 0 unspecified atom stereocenters. The molecular formula is C18H20N2O2. The molecule has 1 aliphatic rings. The van der Waals surface area contributed by atoms with E-state index >= 15 is 0 Å². The number of anilines is 1. The van der Waals surface area contributed by atoms with E-state index in [4.69, 9.17) is 4.74 Å². The Hall–Kier alpha value is -2.36. The number of carbonyl (C=O) groups excluding carboxylic acids is 1. The number of nitrogens with one attached hydrogen (secondary N) is 1. The molecule has 1 heterocycles. The average molecular weight is 296 g/mol. The Balaban J connectivity index is 1.63. The van der Waals surface area contributed by atoms with Crippen molar-refractivity contribution in [2.24, 2.45) is 0 Å². The van der Waals surface area contributed by atoms with Gasteiger partial charge in [0, 0.05) is 23.1 Å². The van der Waals surface area contributed by atoms with E-state index < -0.39 is 0 Å². The van der Waals surface area contributed by atoms with Crippen molar-refractivity contribution in [3.8, 4) is 5.75 Å². The number of aryl methyl sites for hydroxylation is 1. The first-order chi connectivity index (χ1) is 10.7. The van der Waals surface area contributed by atoms with E-state index in [0.29, 0.717) is 11.7 Å². The molecule has 0 bridgehead atoms. The molecule has 1 aromatic heterocycles. The van der Waals surface area contributed by atoms with Crippen molar-refractivity contribution >= 4 is 11.6 Å². The van der Waals surface area contributed by atoms with Gasteiger partial charge in [0.05, 0.1) is 6.10 Å². The first-order valence-electron chi connectivity index (χ1n) is 7.71. The van der Waals surface area contributed by atoms with Crippen molar-refractivity contribution in [3.63, 3.8) is 0 Å². The maximum atomic E-state index is 12.2. The van der Waals surface area contributed by atoms with Gasteiger partial charge in [-0.1, -0.05) is 0 Å². The zero-order valence-electron chi connectivity index (χ0n) is 12.7. The smallest absolute Gasteiger partial charge is 0.255 e. The van der Waals surface area contributed by atoms with Gasteiger partial charge < -0.3 is 10.1 Å². The topological polar surface area (TPSA) is 51.2 Å². The first-order valence-corrected chi connectivity index (χ1v) is 7.71. The Kier molecular flexibility index (Phi) is 4.37. The molecule has 1 N–H and O–H groups in total. The van der Waals surface area contributed by atoms with E-state index in [1.54, 1.807) is 24.4 Å². The Morgan fingerprint density at radius 2 is 1.91 bits per heavy atom. The molecule has 1 aliphatic carbocycles. The van der Waals surface area contributed by atoms with Gasteiger partial charge in [0.1, 0.15) is 5.75 Å². The maximum absolute atomic E-state index is 12.2. The molecule has 1 amide bonds. The van der Waals surface area contributed by atoms with Gasteiger partial charge in [-0.25, -0.2) is 0 Å². The minimum absolute atomic E-state index is 0.127. The van der Waals surface area contributed by atoms with E-state index in [0.717, 1.165) is 30.0 Å². The number of nitrogens with zero attached hydrogens (tertiary/aromatic N) is 1. The average Bonchev–Trinajstić information content (AvgIpc) is 3.01. The number of ether oxygens (including phenoxy) is 1. The molecule has 4 nitrogen and oxygen atoms in total. The van der Waals surface area contributed by atoms with Crippen LogP contribution in [0.3, 0.4) is 0 Å². The van der Waals surface area contributed by atoms with Crippen LogP contribution in [0, 0.1) is 6.92 Å². The number of pyridine rings is 1. The van der Waals surface area contributed by atoms with E-state index in [1.807, 2.05) is 25.1 Å². The highest BCUT2D eigenvalue weighted by molar-refractivity contribution is 6.04. The van der Waals surface area contributed by atoms with Gasteiger partial charge in [-0.15, -0.1) is 0 Å². The number of amides is 1. The van der Waals surface area contributed by atoms with E-state index in [-0.39, 0.29) is 5.91 Å². The molecule has 3 rings (SSSR count). The Labute approximate surface area is 130 Å². The van der Waals surface area contributed by atoms with Crippen LogP contribution in [0.4, 0.5) is 5.69 Å². The number of rotatable bonds is 4. The van der Waals surface area contributed by atoms with Gasteiger partial charge in [-0.3, -0.25) is 9.78 Å². The van der Waals surface area contributed by atoms with Crippen molar-refractivity contribution in [2.75, 3.05) is 5.32 Å². The maximum Gasteiger partial charge on any atom is 0.255 e. The van der Waals surface area contributed by atoms with Crippen LogP contribution in [-0.4, -0.2) is 17.0 Å². The molecule has 0 aliphatic heterocycles. The fourth-order valence-corrected chi connectivity index (χ4v) is 2.71. The summed E-state index contributed by atoms with van der Waals surface area (Å²) in [7, 11) is 0. The van der Waals surface area contributed by atoms with Crippen LogP contribution in [0.1, 0.15) is 41.7 Å². The third kappa shape index (κ3) is 3.64. The highest BCUT2D eigenvalue weighted by atomic mass is 16.5. The number of hydrogen-bond donors (Lipinski definition) is 1. The molecule has 1 fully saturated rings. The molecule has 0 atom stereocenters. The van der Waals surface area contributed by atoms with Crippen LogP contribution in [0.15, 0.2) is 42.6 Å². The van der Waals surface area contributed by atoms with Crippen LogP contribution in [0.5, 0.6) is 5.75 Å². The van der Waals surface area contributed by atoms with Crippen LogP contribution >= 0.6 is 0 Å². The lowest BCUT2D eigenvalue weighted by Gasteiger charge is -2.13. The summed E-state index contributed by atoms with van der Waals surface area (Å²) in [6.07, 6.45) is 6.77. The summed E-state index contributed by atoms with van der Waals surface area (Å²) in [5.74, 6) is 0.709. The summed E-state index contributed by atoms with van der Waals surface area (Å²) >= 11 is 0. The number of carbonyl (C=O) groups is 1. The molecule has 1 saturated carbocycles. The van der Waals surface area contributed by atoms with E-state index in [2.05, 4.69) is 10.3 Å². The second-order valence-electron chi connectivity index (χ2n) is 5.69. The summed E-state index contributed by atoms with van der Waals surface area (Å²) in [4.78, 5) is 16.3. The number of hydrogen-bond acceptors (Lipinski definition) is 3. The van der Waals surface area contributed by atoms with Crippen LogP contribution in [0.2, 0.25) is 0 Å².